The molecule has 5 aliphatic rings. The Balaban J connectivity index is 1.27. The Bertz CT molecular complexity index is 2060. The van der Waals surface area contributed by atoms with Crippen molar-refractivity contribution in [2.24, 2.45) is 5.92 Å². The second kappa shape index (κ2) is 13.3. The molecule has 292 valence electrons. The largest absolute Gasteiger partial charge is 0.497 e. The van der Waals surface area contributed by atoms with Crippen LogP contribution in [0, 0.1) is 5.92 Å². The lowest BCUT2D eigenvalue weighted by molar-refractivity contribution is -0.144. The number of allylic oxidation sites excluding steroid dienone is 1. The zero-order valence-electron chi connectivity index (χ0n) is 29.8. The first kappa shape index (κ1) is 37.7. The number of nitrogens with zero attached hydrogens (tertiary/aromatic N) is 2. The summed E-state index contributed by atoms with van der Waals surface area (Å²) in [6.45, 7) is 1.15. The van der Waals surface area contributed by atoms with E-state index in [4.69, 9.17) is 9.47 Å². The highest BCUT2D eigenvalue weighted by Crippen LogP contribution is 2.50. The zero-order valence-corrected chi connectivity index (χ0v) is 30.6. The molecule has 4 N–H and O–H groups in total. The maximum absolute atomic E-state index is 14.6. The first-order chi connectivity index (χ1) is 25.4. The topological polar surface area (TPSA) is 193 Å². The number of amides is 4. The maximum Gasteiger partial charge on any atom is 0.437 e. The van der Waals surface area contributed by atoms with Crippen molar-refractivity contribution in [1.82, 2.24) is 25.2 Å². The van der Waals surface area contributed by atoms with Crippen LogP contribution >= 0.6 is 0 Å². The number of aryl methyl sites for hydroxylation is 1. The molecule has 0 bridgehead atoms. The summed E-state index contributed by atoms with van der Waals surface area (Å²) in [5.41, 5.74) is -4.18. The van der Waals surface area contributed by atoms with Gasteiger partial charge in [-0.2, -0.15) is 13.2 Å². The van der Waals surface area contributed by atoms with Crippen LogP contribution in [0.2, 0.25) is 0 Å². The predicted molar refractivity (Wildman–Crippen MR) is 186 cm³/mol. The van der Waals surface area contributed by atoms with Gasteiger partial charge in [-0.1, -0.05) is 25.0 Å². The number of carbonyl (C=O) groups is 4. The fourth-order valence-corrected chi connectivity index (χ4v) is 9.29. The highest BCUT2D eigenvalue weighted by Gasteiger charge is 2.64. The average Bonchev–Trinajstić information content (AvgIpc) is 4.00. The lowest BCUT2D eigenvalue weighted by atomic mass is 9.87. The van der Waals surface area contributed by atoms with E-state index in [1.54, 1.807) is 12.1 Å². The number of fused-ring (bicyclic) bond motifs is 5. The molecule has 5 atom stereocenters. The summed E-state index contributed by atoms with van der Waals surface area (Å²) in [4.78, 5) is 59.4. The Morgan fingerprint density at radius 3 is 2.57 bits per heavy atom. The van der Waals surface area contributed by atoms with Crippen LogP contribution in [0.3, 0.4) is 0 Å². The summed E-state index contributed by atoms with van der Waals surface area (Å²) in [7, 11) is -2.67. The van der Waals surface area contributed by atoms with E-state index in [9.17, 15) is 45.9 Å². The number of carboxylic acid groups (broad SMARTS) is 1. The van der Waals surface area contributed by atoms with Crippen molar-refractivity contribution in [3.8, 4) is 11.5 Å². The van der Waals surface area contributed by atoms with E-state index in [2.05, 4.69) is 20.3 Å². The van der Waals surface area contributed by atoms with Crippen LogP contribution in [0.4, 0.5) is 18.0 Å². The fourth-order valence-electron chi connectivity index (χ4n) is 7.98. The van der Waals surface area contributed by atoms with E-state index in [0.717, 1.165) is 4.90 Å². The normalized spacial score (nSPS) is 29.4. The number of ether oxygens (including phenoxy) is 2. The number of benzene rings is 1. The minimum atomic E-state index is -4.94. The van der Waals surface area contributed by atoms with Crippen LogP contribution in [0.1, 0.15) is 82.4 Å². The number of alkyl halides is 3. The average molecular weight is 778 g/mol. The molecule has 4 amide bonds. The molecular formula is C36H42F3N5O9S. The Kier molecular flexibility index (Phi) is 9.29. The SMILES string of the molecule is COc1ccc2nc(C(F)(F)F)c3c(c2c1)CC[C@]1(C[C@H]2C(=O)N[C@]4(C(=O)NS(=O)(=O)C5(C)CC5)C[C@H]4C=CCCCCC[C@H](NC(=O)O)C(=O)N2C1)O3. The third-order valence-electron chi connectivity index (χ3n) is 11.6. The number of nitrogens with one attached hydrogen (secondary N) is 3. The van der Waals surface area contributed by atoms with E-state index in [0.29, 0.717) is 49.7 Å². The fraction of sp³-hybridized carbons (Fsp3) is 0.583. The number of hydrogen-bond donors (Lipinski definition) is 4. The van der Waals surface area contributed by atoms with E-state index in [-0.39, 0.29) is 49.7 Å². The second-order valence-electron chi connectivity index (χ2n) is 15.3. The monoisotopic (exact) mass is 777 g/mol. The molecule has 4 heterocycles. The van der Waals surface area contributed by atoms with Crippen LogP contribution in [0.5, 0.6) is 11.5 Å². The summed E-state index contributed by atoms with van der Waals surface area (Å²) in [6.07, 6.45) is 0.254. The van der Waals surface area contributed by atoms with E-state index < -0.39 is 85.3 Å². The Labute approximate surface area is 309 Å². The number of halogens is 3. The molecule has 2 saturated carbocycles. The molecule has 2 aliphatic carbocycles. The number of carbonyl (C=O) groups excluding carboxylic acids is 3. The minimum absolute atomic E-state index is 0.0492. The van der Waals surface area contributed by atoms with Gasteiger partial charge in [0, 0.05) is 23.3 Å². The molecule has 2 aromatic rings. The highest BCUT2D eigenvalue weighted by molar-refractivity contribution is 7.91. The summed E-state index contributed by atoms with van der Waals surface area (Å²) >= 11 is 0. The molecule has 3 aliphatic heterocycles. The molecule has 0 radical (unpaired) electrons. The van der Waals surface area contributed by atoms with Gasteiger partial charge in [0.25, 0.3) is 5.91 Å². The third kappa shape index (κ3) is 6.81. The van der Waals surface area contributed by atoms with Crippen LogP contribution < -0.4 is 24.8 Å². The Morgan fingerprint density at radius 2 is 1.89 bits per heavy atom. The Morgan fingerprint density at radius 1 is 1.13 bits per heavy atom. The Hall–Kier alpha value is -4.61. The molecule has 0 unspecified atom stereocenters. The smallest absolute Gasteiger partial charge is 0.437 e. The lowest BCUT2D eigenvalue weighted by Gasteiger charge is -2.37. The zero-order chi connectivity index (χ0) is 38.8. The van der Waals surface area contributed by atoms with Crippen molar-refractivity contribution < 1.29 is 55.3 Å². The summed E-state index contributed by atoms with van der Waals surface area (Å²) < 4.78 is 82.6. The predicted octanol–water partition coefficient (Wildman–Crippen LogP) is 3.96. The minimum Gasteiger partial charge on any atom is -0.497 e. The molecular weight excluding hydrogens is 735 g/mol. The number of rotatable bonds is 5. The number of pyridine rings is 1. The van der Waals surface area contributed by atoms with Crippen LogP contribution in [0.25, 0.3) is 10.9 Å². The summed E-state index contributed by atoms with van der Waals surface area (Å²) in [5.74, 6) is -3.26. The van der Waals surface area contributed by atoms with Crippen LogP contribution in [0.15, 0.2) is 30.4 Å². The molecule has 3 fully saturated rings. The van der Waals surface area contributed by atoms with Gasteiger partial charge in [0.15, 0.2) is 11.4 Å². The van der Waals surface area contributed by atoms with Gasteiger partial charge in [-0.25, -0.2) is 18.2 Å². The molecule has 14 nitrogen and oxygen atoms in total. The van der Waals surface area contributed by atoms with E-state index in [1.165, 1.54) is 26.2 Å². The first-order valence-electron chi connectivity index (χ1n) is 18.0. The number of aromatic nitrogens is 1. The number of methoxy groups -OCH3 is 1. The van der Waals surface area contributed by atoms with Crippen molar-refractivity contribution in [3.63, 3.8) is 0 Å². The second-order valence-corrected chi connectivity index (χ2v) is 17.5. The molecule has 1 spiro atoms. The maximum atomic E-state index is 14.6. The van der Waals surface area contributed by atoms with E-state index >= 15 is 0 Å². The molecule has 54 heavy (non-hydrogen) atoms. The first-order valence-corrected chi connectivity index (χ1v) is 19.5. The molecule has 7 rings (SSSR count). The molecule has 1 saturated heterocycles. The van der Waals surface area contributed by atoms with Crippen molar-refractivity contribution in [3.05, 3.63) is 41.6 Å². The lowest BCUT2D eigenvalue weighted by Crippen LogP contribution is -2.58. The number of hydrogen-bond acceptors (Lipinski definition) is 9. The highest BCUT2D eigenvalue weighted by atomic mass is 32.2. The molecule has 1 aromatic carbocycles. The van der Waals surface area contributed by atoms with Gasteiger partial charge in [-0.05, 0) is 76.5 Å². The van der Waals surface area contributed by atoms with Crippen molar-refractivity contribution >= 4 is 44.7 Å². The van der Waals surface area contributed by atoms with Crippen molar-refractivity contribution in [1.29, 1.82) is 0 Å². The van der Waals surface area contributed by atoms with Gasteiger partial charge >= 0.3 is 12.3 Å². The van der Waals surface area contributed by atoms with Crippen LogP contribution in [-0.2, 0) is 37.0 Å². The van der Waals surface area contributed by atoms with Gasteiger partial charge in [-0.3, -0.25) is 19.1 Å². The van der Waals surface area contributed by atoms with Crippen molar-refractivity contribution in [2.75, 3.05) is 13.7 Å². The van der Waals surface area contributed by atoms with E-state index in [1.807, 2.05) is 6.08 Å². The third-order valence-corrected chi connectivity index (χ3v) is 13.7. The summed E-state index contributed by atoms with van der Waals surface area (Å²) in [6, 6.07) is 1.77. The summed E-state index contributed by atoms with van der Waals surface area (Å²) in [5, 5.41) is 15.0. The number of sulfonamides is 1. The van der Waals surface area contributed by atoms with Gasteiger partial charge in [-0.15, -0.1) is 0 Å². The quantitative estimate of drug-likeness (QED) is 0.323. The van der Waals surface area contributed by atoms with Crippen LogP contribution in [-0.4, -0.2) is 88.8 Å². The van der Waals surface area contributed by atoms with Gasteiger partial charge in [0.1, 0.15) is 29.0 Å². The van der Waals surface area contributed by atoms with Gasteiger partial charge in [0.2, 0.25) is 21.8 Å². The van der Waals surface area contributed by atoms with Crippen molar-refractivity contribution in [2.45, 2.75) is 112 Å². The van der Waals surface area contributed by atoms with Gasteiger partial charge < -0.3 is 30.1 Å². The van der Waals surface area contributed by atoms with Gasteiger partial charge in [0.05, 0.1) is 23.9 Å². The standard InChI is InChI=1S/C36H42F3N5O9S/c1-33(14-15-33)54(50,51)43-31(47)35-17-20(35)8-6-4-3-5-7-9-25(41-32(48)49)30(46)44-19-34(18-26(44)29(45)42-35)13-12-22-23-16-21(52-2)10-11-24(23)40-28(27(22)53-34)36(37,38)39/h6,8,10-11,16,20,25-26,41H,3-5,7,9,12-15,17-19H2,1-2H3,(H,42,45)(H,43,47)(H,48,49)/t20-,25+,26+,34-,35-/m1/s1. The molecule has 18 heteroatoms. The molecule has 1 aromatic heterocycles.